The number of aliphatic hydroxyl groups excluding tert-OH is 1. The molecule has 0 aliphatic carbocycles. The van der Waals surface area contributed by atoms with Gasteiger partial charge in [0.05, 0.1) is 0 Å². The van der Waals surface area contributed by atoms with Gasteiger partial charge in [-0.15, -0.1) is 0 Å². The summed E-state index contributed by atoms with van der Waals surface area (Å²) < 4.78 is 0. The Kier molecular flexibility index (Phi) is 3.19. The molecule has 0 rings (SSSR count). The van der Waals surface area contributed by atoms with Crippen molar-refractivity contribution in [3.8, 4) is 0 Å². The topological polar surface area (TPSA) is 49.3 Å². The van der Waals surface area contributed by atoms with Crippen LogP contribution in [0.3, 0.4) is 0 Å². The van der Waals surface area contributed by atoms with Crippen LogP contribution in [0, 0.1) is 5.92 Å². The lowest BCUT2D eigenvalue weighted by Crippen LogP contribution is -2.31. The van der Waals surface area contributed by atoms with Crippen molar-refractivity contribution in [1.29, 1.82) is 0 Å². The maximum Gasteiger partial charge on any atom is 0.209 e. The van der Waals surface area contributed by atoms with E-state index in [-0.39, 0.29) is 5.92 Å². The molecule has 0 aromatic heterocycles. The van der Waals surface area contributed by atoms with Crippen LogP contribution >= 0.6 is 0 Å². The molecule has 1 atom stereocenters. The Morgan fingerprint density at radius 3 is 2.25 bits per heavy atom. The molecule has 1 amide bonds. The molecule has 0 unspecified atom stereocenters. The largest absolute Gasteiger partial charge is 0.373 e. The van der Waals surface area contributed by atoms with Gasteiger partial charge >= 0.3 is 0 Å². The lowest BCUT2D eigenvalue weighted by molar-refractivity contribution is -0.112. The molecule has 0 saturated heterocycles. The van der Waals surface area contributed by atoms with E-state index in [1.54, 1.807) is 0 Å². The second-order valence-corrected chi connectivity index (χ2v) is 1.97. The van der Waals surface area contributed by atoms with E-state index in [1.165, 1.54) is 0 Å². The Morgan fingerprint density at radius 1 is 1.62 bits per heavy atom. The summed E-state index contributed by atoms with van der Waals surface area (Å²) in [6.07, 6.45) is -0.211. The molecular formula is C5H11NO2. The Bertz CT molecular complexity index is 72.8. The third-order valence-electron chi connectivity index (χ3n) is 0.870. The van der Waals surface area contributed by atoms with E-state index in [4.69, 9.17) is 5.11 Å². The first kappa shape index (κ1) is 7.43. The molecule has 0 saturated carbocycles. The van der Waals surface area contributed by atoms with Gasteiger partial charge in [0.1, 0.15) is 6.23 Å². The Balaban J connectivity index is 3.30. The molecule has 0 spiro atoms. The van der Waals surface area contributed by atoms with Crippen molar-refractivity contribution in [1.82, 2.24) is 5.32 Å². The van der Waals surface area contributed by atoms with Gasteiger partial charge in [0.2, 0.25) is 6.41 Å². The summed E-state index contributed by atoms with van der Waals surface area (Å²) in [4.78, 5) is 9.65. The Labute approximate surface area is 48.7 Å². The molecule has 0 radical (unpaired) electrons. The smallest absolute Gasteiger partial charge is 0.209 e. The van der Waals surface area contributed by atoms with E-state index in [9.17, 15) is 4.79 Å². The van der Waals surface area contributed by atoms with E-state index in [1.807, 2.05) is 13.8 Å². The van der Waals surface area contributed by atoms with Crippen molar-refractivity contribution < 1.29 is 9.90 Å². The summed E-state index contributed by atoms with van der Waals surface area (Å²) in [6.45, 7) is 3.64. The average molecular weight is 117 g/mol. The van der Waals surface area contributed by atoms with Gasteiger partial charge in [-0.3, -0.25) is 4.79 Å². The molecule has 0 heterocycles. The number of nitrogens with one attached hydrogen (secondary N) is 1. The number of rotatable bonds is 3. The number of carbonyl (C=O) groups excluding carboxylic acids is 1. The van der Waals surface area contributed by atoms with E-state index in [0.29, 0.717) is 6.41 Å². The zero-order chi connectivity index (χ0) is 6.57. The van der Waals surface area contributed by atoms with Gasteiger partial charge in [-0.05, 0) is 5.92 Å². The maximum atomic E-state index is 9.65. The second-order valence-electron chi connectivity index (χ2n) is 1.97. The summed E-state index contributed by atoms with van der Waals surface area (Å²) in [5.74, 6) is 0.0835. The molecule has 3 heteroatoms. The van der Waals surface area contributed by atoms with Crippen LogP contribution in [-0.2, 0) is 4.79 Å². The highest BCUT2D eigenvalue weighted by Gasteiger charge is 2.04. The molecule has 0 aliphatic rings. The van der Waals surface area contributed by atoms with Crippen molar-refractivity contribution in [2.75, 3.05) is 0 Å². The van der Waals surface area contributed by atoms with Gasteiger partial charge in [0, 0.05) is 0 Å². The van der Waals surface area contributed by atoms with Crippen molar-refractivity contribution in [2.24, 2.45) is 5.92 Å². The number of hydrogen-bond acceptors (Lipinski definition) is 2. The molecule has 48 valence electrons. The highest BCUT2D eigenvalue weighted by Crippen LogP contribution is 1.94. The SMILES string of the molecule is CC(C)[C@@H](O)NC=O. The highest BCUT2D eigenvalue weighted by atomic mass is 16.3. The minimum Gasteiger partial charge on any atom is -0.373 e. The van der Waals surface area contributed by atoms with E-state index in [0.717, 1.165) is 0 Å². The van der Waals surface area contributed by atoms with Crippen LogP contribution in [0.25, 0.3) is 0 Å². The molecule has 8 heavy (non-hydrogen) atoms. The number of amides is 1. The van der Waals surface area contributed by atoms with Crippen LogP contribution in [0.4, 0.5) is 0 Å². The van der Waals surface area contributed by atoms with E-state index < -0.39 is 6.23 Å². The molecule has 0 fully saturated rings. The van der Waals surface area contributed by atoms with Crippen molar-refractivity contribution >= 4 is 6.41 Å². The predicted octanol–water partition coefficient (Wildman–Crippen LogP) is -0.293. The molecule has 0 bridgehead atoms. The fourth-order valence-corrected chi connectivity index (χ4v) is 0.262. The lowest BCUT2D eigenvalue weighted by atomic mass is 10.2. The molecule has 2 N–H and O–H groups in total. The Morgan fingerprint density at radius 2 is 2.12 bits per heavy atom. The monoisotopic (exact) mass is 117 g/mol. The van der Waals surface area contributed by atoms with Gasteiger partial charge in [0.15, 0.2) is 0 Å². The fraction of sp³-hybridized carbons (Fsp3) is 0.800. The van der Waals surface area contributed by atoms with E-state index in [2.05, 4.69) is 5.32 Å². The second kappa shape index (κ2) is 3.43. The lowest BCUT2D eigenvalue weighted by Gasteiger charge is -2.11. The number of carbonyl (C=O) groups is 1. The van der Waals surface area contributed by atoms with Crippen molar-refractivity contribution in [2.45, 2.75) is 20.1 Å². The molecule has 0 aliphatic heterocycles. The number of aliphatic hydroxyl groups is 1. The highest BCUT2D eigenvalue weighted by molar-refractivity contribution is 5.46. The van der Waals surface area contributed by atoms with E-state index >= 15 is 0 Å². The van der Waals surface area contributed by atoms with Crippen LogP contribution in [0.5, 0.6) is 0 Å². The standard InChI is InChI=1S/C5H11NO2/c1-4(2)5(8)6-3-7/h3-5,8H,1-2H3,(H,6,7)/t5-/m1/s1. The van der Waals surface area contributed by atoms with Gasteiger partial charge in [0.25, 0.3) is 0 Å². The van der Waals surface area contributed by atoms with Gasteiger partial charge in [-0.2, -0.15) is 0 Å². The molecule has 3 nitrogen and oxygen atoms in total. The summed E-state index contributed by atoms with van der Waals surface area (Å²) >= 11 is 0. The van der Waals surface area contributed by atoms with Crippen molar-refractivity contribution in [3.63, 3.8) is 0 Å². The minimum absolute atomic E-state index is 0.0835. The normalized spacial score (nSPS) is 13.5. The fourth-order valence-electron chi connectivity index (χ4n) is 0.262. The van der Waals surface area contributed by atoms with Gasteiger partial charge < -0.3 is 10.4 Å². The van der Waals surface area contributed by atoms with Crippen LogP contribution in [0.2, 0.25) is 0 Å². The zero-order valence-corrected chi connectivity index (χ0v) is 5.09. The summed E-state index contributed by atoms with van der Waals surface area (Å²) in [6, 6.07) is 0. The van der Waals surface area contributed by atoms with Crippen LogP contribution < -0.4 is 5.32 Å². The molecule has 0 aromatic rings. The van der Waals surface area contributed by atoms with Gasteiger partial charge in [-0.1, -0.05) is 13.8 Å². The third kappa shape index (κ3) is 2.58. The first-order chi connectivity index (χ1) is 3.68. The number of hydrogen-bond donors (Lipinski definition) is 2. The van der Waals surface area contributed by atoms with Crippen LogP contribution in [-0.4, -0.2) is 17.7 Å². The summed E-state index contributed by atoms with van der Waals surface area (Å²) in [7, 11) is 0. The van der Waals surface area contributed by atoms with Crippen molar-refractivity contribution in [3.05, 3.63) is 0 Å². The zero-order valence-electron chi connectivity index (χ0n) is 5.09. The Hall–Kier alpha value is -0.570. The minimum atomic E-state index is -0.701. The quantitative estimate of drug-likeness (QED) is 0.394. The molecular weight excluding hydrogens is 106 g/mol. The summed E-state index contributed by atoms with van der Waals surface area (Å²) in [5.41, 5.74) is 0. The maximum absolute atomic E-state index is 9.65. The first-order valence-electron chi connectivity index (χ1n) is 2.56. The third-order valence-corrected chi connectivity index (χ3v) is 0.870. The van der Waals surface area contributed by atoms with Crippen LogP contribution in [0.15, 0.2) is 0 Å². The van der Waals surface area contributed by atoms with Gasteiger partial charge in [-0.25, -0.2) is 0 Å². The van der Waals surface area contributed by atoms with Crippen LogP contribution in [0.1, 0.15) is 13.8 Å². The average Bonchev–Trinajstić information content (AvgIpc) is 1.67. The molecule has 0 aromatic carbocycles. The first-order valence-corrected chi connectivity index (χ1v) is 2.56. The summed E-state index contributed by atoms with van der Waals surface area (Å²) in [5, 5.41) is 11.0. The predicted molar refractivity (Wildman–Crippen MR) is 30.0 cm³/mol.